The zero-order valence-electron chi connectivity index (χ0n) is 11.9. The van der Waals surface area contributed by atoms with E-state index in [1.807, 2.05) is 23.6 Å². The van der Waals surface area contributed by atoms with Gasteiger partial charge in [-0.1, -0.05) is 30.3 Å². The molecule has 0 saturated heterocycles. The lowest BCUT2D eigenvalue weighted by atomic mass is 10.2. The number of pyridine rings is 1. The molecule has 0 saturated carbocycles. The monoisotopic (exact) mass is 309 g/mol. The lowest BCUT2D eigenvalue weighted by molar-refractivity contribution is 0.0950. The molecule has 0 aliphatic carbocycles. The van der Waals surface area contributed by atoms with Gasteiger partial charge < -0.3 is 5.32 Å². The van der Waals surface area contributed by atoms with Crippen molar-refractivity contribution < 1.29 is 4.79 Å². The first-order valence-corrected chi connectivity index (χ1v) is 7.84. The summed E-state index contributed by atoms with van der Waals surface area (Å²) in [6.45, 7) is 0.437. The number of hydrogen-bond donors (Lipinski definition) is 1. The summed E-state index contributed by atoms with van der Waals surface area (Å²) in [4.78, 5) is 20.4. The van der Waals surface area contributed by atoms with Crippen LogP contribution in [0.3, 0.4) is 0 Å². The number of nitrogens with zero attached hydrogens (tertiary/aromatic N) is 2. The molecule has 3 rings (SSSR count). The minimum absolute atomic E-state index is 0.111. The van der Waals surface area contributed by atoms with E-state index in [0.717, 1.165) is 17.1 Å². The van der Waals surface area contributed by atoms with Crippen molar-refractivity contribution in [1.82, 2.24) is 15.3 Å². The Morgan fingerprint density at radius 2 is 1.86 bits per heavy atom. The van der Waals surface area contributed by atoms with Gasteiger partial charge in [0.15, 0.2) is 0 Å². The quantitative estimate of drug-likeness (QED) is 0.788. The second-order valence-corrected chi connectivity index (χ2v) is 5.76. The van der Waals surface area contributed by atoms with Crippen LogP contribution >= 0.6 is 11.3 Å². The van der Waals surface area contributed by atoms with E-state index in [1.165, 1.54) is 5.56 Å². The molecule has 0 atom stereocenters. The molecule has 0 aliphatic rings. The highest BCUT2D eigenvalue weighted by atomic mass is 32.1. The van der Waals surface area contributed by atoms with Gasteiger partial charge in [-0.25, -0.2) is 4.98 Å². The van der Waals surface area contributed by atoms with Crippen LogP contribution in [0.1, 0.15) is 26.6 Å². The molecule has 110 valence electrons. The first kappa shape index (κ1) is 14.4. The summed E-state index contributed by atoms with van der Waals surface area (Å²) in [5.74, 6) is -0.111. The zero-order valence-corrected chi connectivity index (χ0v) is 12.7. The van der Waals surface area contributed by atoms with E-state index < -0.39 is 0 Å². The van der Waals surface area contributed by atoms with E-state index in [-0.39, 0.29) is 5.91 Å². The lowest BCUT2D eigenvalue weighted by Crippen LogP contribution is -2.22. The van der Waals surface area contributed by atoms with Crippen molar-refractivity contribution in [2.24, 2.45) is 0 Å². The van der Waals surface area contributed by atoms with Crippen molar-refractivity contribution in [3.05, 3.63) is 82.1 Å². The largest absolute Gasteiger partial charge is 0.346 e. The minimum Gasteiger partial charge on any atom is -0.346 e. The van der Waals surface area contributed by atoms with E-state index in [0.29, 0.717) is 12.1 Å². The number of hydrogen-bond acceptors (Lipinski definition) is 4. The second kappa shape index (κ2) is 6.95. The van der Waals surface area contributed by atoms with Gasteiger partial charge in [0.05, 0.1) is 17.2 Å². The fraction of sp³-hybridized carbons (Fsp3) is 0.118. The highest BCUT2D eigenvalue weighted by molar-refractivity contribution is 7.09. The molecule has 2 heterocycles. The van der Waals surface area contributed by atoms with Crippen LogP contribution in [0, 0.1) is 0 Å². The summed E-state index contributed by atoms with van der Waals surface area (Å²) in [7, 11) is 0. The molecule has 0 aliphatic heterocycles. The first-order valence-electron chi connectivity index (χ1n) is 6.97. The molecule has 5 heteroatoms. The fourth-order valence-electron chi connectivity index (χ4n) is 2.06. The van der Waals surface area contributed by atoms with Gasteiger partial charge in [-0.3, -0.25) is 9.78 Å². The molecule has 0 spiro atoms. The van der Waals surface area contributed by atoms with Gasteiger partial charge in [0, 0.05) is 29.8 Å². The maximum absolute atomic E-state index is 12.0. The smallest absolute Gasteiger partial charge is 0.251 e. The molecular weight excluding hydrogens is 294 g/mol. The third kappa shape index (κ3) is 3.77. The van der Waals surface area contributed by atoms with Crippen LogP contribution in [-0.2, 0) is 13.0 Å². The number of carbonyl (C=O) groups is 1. The first-order chi connectivity index (χ1) is 10.8. The maximum atomic E-state index is 12.0. The molecule has 1 aromatic carbocycles. The third-order valence-corrected chi connectivity index (χ3v) is 4.07. The van der Waals surface area contributed by atoms with Crippen LogP contribution in [0.2, 0.25) is 0 Å². The molecule has 0 fully saturated rings. The number of aromatic nitrogens is 2. The fourth-order valence-corrected chi connectivity index (χ4v) is 2.89. The van der Waals surface area contributed by atoms with Gasteiger partial charge in [0.2, 0.25) is 0 Å². The Hall–Kier alpha value is -2.53. The Bertz CT molecular complexity index is 741. The summed E-state index contributed by atoms with van der Waals surface area (Å²) < 4.78 is 0. The number of nitrogens with one attached hydrogen (secondary N) is 1. The molecule has 0 radical (unpaired) electrons. The van der Waals surface area contributed by atoms with E-state index >= 15 is 0 Å². The number of thiazole rings is 1. The molecular formula is C17H15N3OS. The minimum atomic E-state index is -0.111. The lowest BCUT2D eigenvalue weighted by Gasteiger charge is -2.02. The van der Waals surface area contributed by atoms with Crippen molar-refractivity contribution in [3.63, 3.8) is 0 Å². The molecule has 2 aromatic heterocycles. The van der Waals surface area contributed by atoms with Gasteiger partial charge in [0.25, 0.3) is 5.91 Å². The Morgan fingerprint density at radius 3 is 2.64 bits per heavy atom. The normalized spacial score (nSPS) is 10.4. The predicted molar refractivity (Wildman–Crippen MR) is 86.8 cm³/mol. The molecule has 0 unspecified atom stereocenters. The highest BCUT2D eigenvalue weighted by Gasteiger charge is 2.07. The Balaban J connectivity index is 1.57. The molecule has 1 N–H and O–H groups in total. The Labute approximate surface area is 132 Å². The number of rotatable bonds is 5. The summed E-state index contributed by atoms with van der Waals surface area (Å²) in [6.07, 6.45) is 4.04. The van der Waals surface area contributed by atoms with Crippen LogP contribution < -0.4 is 5.32 Å². The second-order valence-electron chi connectivity index (χ2n) is 4.81. The molecule has 22 heavy (non-hydrogen) atoms. The summed E-state index contributed by atoms with van der Waals surface area (Å²) >= 11 is 1.62. The van der Waals surface area contributed by atoms with Gasteiger partial charge in [-0.2, -0.15) is 0 Å². The SMILES string of the molecule is O=C(NCc1csc(Cc2ccccc2)n1)c1ccncc1. The number of carbonyl (C=O) groups excluding carboxylic acids is 1. The van der Waals surface area contributed by atoms with Crippen LogP contribution in [-0.4, -0.2) is 15.9 Å². The predicted octanol–water partition coefficient (Wildman–Crippen LogP) is 3.06. The van der Waals surface area contributed by atoms with Gasteiger partial charge in [-0.15, -0.1) is 11.3 Å². The van der Waals surface area contributed by atoms with E-state index in [2.05, 4.69) is 27.4 Å². The van der Waals surface area contributed by atoms with E-state index in [1.54, 1.807) is 35.9 Å². The van der Waals surface area contributed by atoms with Crippen molar-refractivity contribution in [2.75, 3.05) is 0 Å². The zero-order chi connectivity index (χ0) is 15.2. The van der Waals surface area contributed by atoms with Crippen molar-refractivity contribution in [1.29, 1.82) is 0 Å². The van der Waals surface area contributed by atoms with Crippen molar-refractivity contribution >= 4 is 17.2 Å². The summed E-state index contributed by atoms with van der Waals surface area (Å²) in [5.41, 5.74) is 2.73. The molecule has 1 amide bonds. The Morgan fingerprint density at radius 1 is 1.09 bits per heavy atom. The van der Waals surface area contributed by atoms with Crippen LogP contribution in [0.25, 0.3) is 0 Å². The van der Waals surface area contributed by atoms with Crippen LogP contribution in [0.4, 0.5) is 0 Å². The van der Waals surface area contributed by atoms with Crippen LogP contribution in [0.15, 0.2) is 60.2 Å². The Kier molecular flexibility index (Phi) is 4.56. The number of amides is 1. The standard InChI is InChI=1S/C17H15N3OS/c21-17(14-6-8-18-9-7-14)19-11-15-12-22-16(20-15)10-13-4-2-1-3-5-13/h1-9,12H,10-11H2,(H,19,21). The van der Waals surface area contributed by atoms with Gasteiger partial charge >= 0.3 is 0 Å². The summed E-state index contributed by atoms with van der Waals surface area (Å²) in [6, 6.07) is 13.6. The average molecular weight is 309 g/mol. The third-order valence-electron chi connectivity index (χ3n) is 3.17. The van der Waals surface area contributed by atoms with Gasteiger partial charge in [-0.05, 0) is 17.7 Å². The van der Waals surface area contributed by atoms with Crippen molar-refractivity contribution in [3.8, 4) is 0 Å². The van der Waals surface area contributed by atoms with Crippen LogP contribution in [0.5, 0.6) is 0 Å². The highest BCUT2D eigenvalue weighted by Crippen LogP contribution is 2.14. The molecule has 0 bridgehead atoms. The van der Waals surface area contributed by atoms with Gasteiger partial charge in [0.1, 0.15) is 0 Å². The topological polar surface area (TPSA) is 54.9 Å². The average Bonchev–Trinajstić information content (AvgIpc) is 3.02. The molecule has 4 nitrogen and oxygen atoms in total. The van der Waals surface area contributed by atoms with Crippen molar-refractivity contribution in [2.45, 2.75) is 13.0 Å². The van der Waals surface area contributed by atoms with E-state index in [4.69, 9.17) is 0 Å². The molecule has 3 aromatic rings. The maximum Gasteiger partial charge on any atom is 0.251 e. The number of benzene rings is 1. The van der Waals surface area contributed by atoms with E-state index in [9.17, 15) is 4.79 Å². The summed E-state index contributed by atoms with van der Waals surface area (Å²) in [5, 5.41) is 5.92.